The van der Waals surface area contributed by atoms with Crippen molar-refractivity contribution in [2.45, 2.75) is 56.2 Å². The van der Waals surface area contributed by atoms with Gasteiger partial charge in [0, 0.05) is 26.2 Å². The lowest BCUT2D eigenvalue weighted by molar-refractivity contribution is -0.120. The Bertz CT molecular complexity index is 1200. The van der Waals surface area contributed by atoms with Crippen LogP contribution in [-0.4, -0.2) is 56.6 Å². The molecule has 4 rings (SSSR count). The summed E-state index contributed by atoms with van der Waals surface area (Å²) in [7, 11) is -3.38. The molecule has 0 unspecified atom stereocenters. The van der Waals surface area contributed by atoms with E-state index in [1.807, 2.05) is 13.0 Å². The fourth-order valence-electron chi connectivity index (χ4n) is 4.77. The van der Waals surface area contributed by atoms with Gasteiger partial charge in [0.25, 0.3) is 0 Å². The van der Waals surface area contributed by atoms with Crippen molar-refractivity contribution in [1.82, 2.24) is 0 Å². The van der Waals surface area contributed by atoms with Crippen LogP contribution in [-0.2, 0) is 19.4 Å². The molecule has 9 heteroatoms. The topological polar surface area (TPSA) is 104 Å². The monoisotopic (exact) mass is 500 g/mol. The normalized spacial score (nSPS) is 19.0. The van der Waals surface area contributed by atoms with E-state index in [1.54, 1.807) is 55.1 Å². The third kappa shape index (κ3) is 5.06. The molecular formula is C26H32N2O6S. The van der Waals surface area contributed by atoms with Crippen molar-refractivity contribution in [2.24, 2.45) is 5.92 Å². The van der Waals surface area contributed by atoms with Crippen LogP contribution in [0.25, 0.3) is 11.1 Å². The van der Waals surface area contributed by atoms with Crippen molar-refractivity contribution < 1.29 is 27.9 Å². The molecule has 1 fully saturated rings. The Kier molecular flexibility index (Phi) is 7.19. The van der Waals surface area contributed by atoms with E-state index in [1.165, 1.54) is 4.90 Å². The lowest BCUT2D eigenvalue weighted by Crippen LogP contribution is -2.52. The first-order valence-electron chi connectivity index (χ1n) is 12.0. The summed E-state index contributed by atoms with van der Waals surface area (Å²) in [6.07, 6.45) is 1.03. The predicted octanol–water partition coefficient (Wildman–Crippen LogP) is 4.57. The van der Waals surface area contributed by atoms with E-state index < -0.39 is 21.2 Å². The van der Waals surface area contributed by atoms with Gasteiger partial charge >= 0.3 is 6.09 Å². The van der Waals surface area contributed by atoms with Gasteiger partial charge < -0.3 is 14.7 Å². The molecular weight excluding hydrogens is 468 g/mol. The minimum atomic E-state index is -3.38. The van der Waals surface area contributed by atoms with E-state index >= 15 is 0 Å². The molecule has 2 heterocycles. The molecule has 188 valence electrons. The standard InChI is InChI=1S/C26H32N2O6S/c1-17(2)35(32,33)22-7-4-20(5-8-22)21-6-9-23-24(15-21)27(26(30)31)16-18(3)28(23)25(29)14-19-10-12-34-13-11-19/h4-9,15,17-19H,10-14,16H2,1-3H3,(H,30,31)/t18-/m0/s1. The third-order valence-electron chi connectivity index (χ3n) is 6.85. The molecule has 8 nitrogen and oxygen atoms in total. The Balaban J connectivity index is 1.67. The van der Waals surface area contributed by atoms with Gasteiger partial charge in [0.2, 0.25) is 5.91 Å². The molecule has 1 saturated heterocycles. The van der Waals surface area contributed by atoms with Crippen LogP contribution in [0.15, 0.2) is 47.4 Å². The third-order valence-corrected chi connectivity index (χ3v) is 9.02. The van der Waals surface area contributed by atoms with Crippen LogP contribution in [0.2, 0.25) is 0 Å². The predicted molar refractivity (Wildman–Crippen MR) is 135 cm³/mol. The number of anilines is 2. The van der Waals surface area contributed by atoms with E-state index in [9.17, 15) is 23.1 Å². The number of sulfone groups is 1. The second-order valence-electron chi connectivity index (χ2n) is 9.59. The van der Waals surface area contributed by atoms with Crippen LogP contribution in [0.1, 0.15) is 40.0 Å². The van der Waals surface area contributed by atoms with Gasteiger partial charge in [-0.05, 0) is 74.9 Å². The Morgan fingerprint density at radius 1 is 1.03 bits per heavy atom. The van der Waals surface area contributed by atoms with Gasteiger partial charge in [-0.15, -0.1) is 0 Å². The first-order chi connectivity index (χ1) is 16.6. The minimum absolute atomic E-state index is 0.00770. The average molecular weight is 501 g/mol. The number of fused-ring (bicyclic) bond motifs is 1. The molecule has 2 aromatic carbocycles. The highest BCUT2D eigenvalue weighted by molar-refractivity contribution is 7.92. The smallest absolute Gasteiger partial charge is 0.411 e. The molecule has 1 atom stereocenters. The number of carbonyl (C=O) groups excluding carboxylic acids is 1. The molecule has 0 aromatic heterocycles. The van der Waals surface area contributed by atoms with E-state index in [4.69, 9.17) is 4.74 Å². The van der Waals surface area contributed by atoms with E-state index in [0.29, 0.717) is 31.0 Å². The summed E-state index contributed by atoms with van der Waals surface area (Å²) < 4.78 is 30.3. The highest BCUT2D eigenvalue weighted by Crippen LogP contribution is 2.40. The number of carboxylic acid groups (broad SMARTS) is 1. The molecule has 2 amide bonds. The minimum Gasteiger partial charge on any atom is -0.465 e. The average Bonchev–Trinajstić information content (AvgIpc) is 2.83. The number of hydrogen-bond donors (Lipinski definition) is 1. The Labute approximate surface area is 206 Å². The maximum Gasteiger partial charge on any atom is 0.411 e. The van der Waals surface area contributed by atoms with Crippen molar-refractivity contribution >= 4 is 33.2 Å². The second-order valence-corrected chi connectivity index (χ2v) is 12.1. The first-order valence-corrected chi connectivity index (χ1v) is 13.5. The first kappa shape index (κ1) is 25.2. The summed E-state index contributed by atoms with van der Waals surface area (Å²) in [6.45, 7) is 6.65. The maximum atomic E-state index is 13.3. The van der Waals surface area contributed by atoms with Gasteiger partial charge in [0.15, 0.2) is 9.84 Å². The molecule has 35 heavy (non-hydrogen) atoms. The van der Waals surface area contributed by atoms with E-state index in [2.05, 4.69) is 0 Å². The summed E-state index contributed by atoms with van der Waals surface area (Å²) >= 11 is 0. The van der Waals surface area contributed by atoms with Crippen LogP contribution in [0.5, 0.6) is 0 Å². The highest BCUT2D eigenvalue weighted by atomic mass is 32.2. The van der Waals surface area contributed by atoms with Crippen molar-refractivity contribution in [1.29, 1.82) is 0 Å². The molecule has 0 bridgehead atoms. The van der Waals surface area contributed by atoms with Gasteiger partial charge in [0.05, 0.1) is 27.6 Å². The lowest BCUT2D eigenvalue weighted by atomic mass is 9.94. The SMILES string of the molecule is CC(C)S(=O)(=O)c1ccc(-c2ccc3c(c2)N(C(=O)O)C[C@H](C)N3C(=O)CC2CCOCC2)cc1. The van der Waals surface area contributed by atoms with Gasteiger partial charge in [-0.2, -0.15) is 0 Å². The van der Waals surface area contributed by atoms with Crippen molar-refractivity contribution in [2.75, 3.05) is 29.6 Å². The Hall–Kier alpha value is -2.91. The molecule has 2 aromatic rings. The summed E-state index contributed by atoms with van der Waals surface area (Å²) in [5.41, 5.74) is 2.53. The Morgan fingerprint density at radius 2 is 1.66 bits per heavy atom. The number of hydrogen-bond acceptors (Lipinski definition) is 5. The van der Waals surface area contributed by atoms with Crippen LogP contribution in [0.4, 0.5) is 16.2 Å². The summed E-state index contributed by atoms with van der Waals surface area (Å²) in [5, 5.41) is 9.35. The highest BCUT2D eigenvalue weighted by Gasteiger charge is 2.36. The maximum absolute atomic E-state index is 13.3. The lowest BCUT2D eigenvalue weighted by Gasteiger charge is -2.41. The zero-order valence-corrected chi connectivity index (χ0v) is 21.1. The van der Waals surface area contributed by atoms with Crippen LogP contribution >= 0.6 is 0 Å². The Morgan fingerprint density at radius 3 is 2.26 bits per heavy atom. The number of benzene rings is 2. The zero-order chi connectivity index (χ0) is 25.3. The van der Waals surface area contributed by atoms with Crippen molar-refractivity contribution in [3.8, 4) is 11.1 Å². The number of rotatable bonds is 5. The molecule has 2 aliphatic heterocycles. The summed E-state index contributed by atoms with van der Waals surface area (Å²) in [5.74, 6) is 0.260. The quantitative estimate of drug-likeness (QED) is 0.645. The van der Waals surface area contributed by atoms with Gasteiger partial charge in [0.1, 0.15) is 0 Å². The molecule has 2 aliphatic rings. The number of amides is 2. The van der Waals surface area contributed by atoms with Gasteiger partial charge in [-0.25, -0.2) is 13.2 Å². The largest absolute Gasteiger partial charge is 0.465 e. The van der Waals surface area contributed by atoms with Crippen molar-refractivity contribution in [3.05, 3.63) is 42.5 Å². The number of nitrogens with zero attached hydrogens (tertiary/aromatic N) is 2. The molecule has 0 saturated carbocycles. The van der Waals surface area contributed by atoms with Gasteiger partial charge in [-0.3, -0.25) is 9.69 Å². The molecule has 1 N–H and O–H groups in total. The fourth-order valence-corrected chi connectivity index (χ4v) is 5.83. The van der Waals surface area contributed by atoms with Crippen LogP contribution in [0, 0.1) is 5.92 Å². The summed E-state index contributed by atoms with van der Waals surface area (Å²) in [6, 6.07) is 11.7. The van der Waals surface area contributed by atoms with Crippen LogP contribution in [0.3, 0.4) is 0 Å². The van der Waals surface area contributed by atoms with Gasteiger partial charge in [-0.1, -0.05) is 18.2 Å². The molecule has 0 spiro atoms. The molecule has 0 aliphatic carbocycles. The number of ether oxygens (including phenoxy) is 1. The second kappa shape index (κ2) is 9.99. The van der Waals surface area contributed by atoms with E-state index in [0.717, 1.165) is 24.0 Å². The molecule has 0 radical (unpaired) electrons. The van der Waals surface area contributed by atoms with Crippen molar-refractivity contribution in [3.63, 3.8) is 0 Å². The zero-order valence-electron chi connectivity index (χ0n) is 20.3. The van der Waals surface area contributed by atoms with E-state index in [-0.39, 0.29) is 29.3 Å². The fraction of sp³-hybridized carbons (Fsp3) is 0.462. The number of carbonyl (C=O) groups is 2. The van der Waals surface area contributed by atoms with Crippen LogP contribution < -0.4 is 9.80 Å². The summed E-state index contributed by atoms with van der Waals surface area (Å²) in [4.78, 5) is 28.6.